The fraction of sp³-hybridized carbons (Fsp3) is 0.300. The van der Waals surface area contributed by atoms with Crippen LogP contribution in [0.5, 0.6) is 0 Å². The highest BCUT2D eigenvalue weighted by atomic mass is 32.2. The SMILES string of the molecule is CC(C)(C)c1ccc(S(=O)(=O)NCc2ccc(C(=O)OCC#N)cc2)cc1. The maximum atomic E-state index is 12.4. The number of hydrogen-bond donors (Lipinski definition) is 1. The molecule has 27 heavy (non-hydrogen) atoms. The lowest BCUT2D eigenvalue weighted by atomic mass is 9.87. The number of rotatable bonds is 6. The molecule has 142 valence electrons. The number of ether oxygens (including phenoxy) is 1. The Morgan fingerprint density at radius 3 is 2.19 bits per heavy atom. The van der Waals surface area contributed by atoms with Crippen LogP contribution in [-0.2, 0) is 26.7 Å². The van der Waals surface area contributed by atoms with Crippen LogP contribution < -0.4 is 4.72 Å². The van der Waals surface area contributed by atoms with Crippen molar-refractivity contribution in [2.45, 2.75) is 37.6 Å². The summed E-state index contributed by atoms with van der Waals surface area (Å²) in [5.74, 6) is -0.595. The van der Waals surface area contributed by atoms with Crippen LogP contribution in [0.1, 0.15) is 42.3 Å². The number of esters is 1. The summed E-state index contributed by atoms with van der Waals surface area (Å²) < 4.78 is 32.1. The molecule has 1 N–H and O–H groups in total. The molecule has 2 rings (SSSR count). The number of carbonyl (C=O) groups is 1. The molecule has 6 nitrogen and oxygen atoms in total. The monoisotopic (exact) mass is 386 g/mol. The van der Waals surface area contributed by atoms with Crippen LogP contribution in [0, 0.1) is 11.3 Å². The summed E-state index contributed by atoms with van der Waals surface area (Å²) in [5.41, 5.74) is 2.00. The van der Waals surface area contributed by atoms with E-state index in [9.17, 15) is 13.2 Å². The van der Waals surface area contributed by atoms with Gasteiger partial charge in [0.1, 0.15) is 6.07 Å². The van der Waals surface area contributed by atoms with Gasteiger partial charge in [-0.3, -0.25) is 0 Å². The van der Waals surface area contributed by atoms with Gasteiger partial charge >= 0.3 is 5.97 Å². The molecule has 0 bridgehead atoms. The minimum absolute atomic E-state index is 0.0497. The van der Waals surface area contributed by atoms with Gasteiger partial charge in [-0.1, -0.05) is 45.0 Å². The van der Waals surface area contributed by atoms with Crippen molar-refractivity contribution in [1.29, 1.82) is 5.26 Å². The number of carbonyl (C=O) groups excluding carboxylic acids is 1. The molecule has 0 fully saturated rings. The second-order valence-electron chi connectivity index (χ2n) is 7.03. The third-order valence-electron chi connectivity index (χ3n) is 3.95. The standard InChI is InChI=1S/C20H22N2O4S/c1-20(2,3)17-8-10-18(11-9-17)27(24,25)22-14-15-4-6-16(7-5-15)19(23)26-13-12-21/h4-11,22H,13-14H2,1-3H3. The normalized spacial score (nSPS) is 11.6. The zero-order valence-electron chi connectivity index (χ0n) is 15.5. The van der Waals surface area contributed by atoms with Gasteiger partial charge in [0.15, 0.2) is 6.61 Å². The van der Waals surface area contributed by atoms with Crippen LogP contribution in [0.15, 0.2) is 53.4 Å². The Hall–Kier alpha value is -2.69. The molecule has 0 atom stereocenters. The molecule has 0 aliphatic heterocycles. The Bertz CT molecular complexity index is 935. The smallest absolute Gasteiger partial charge is 0.339 e. The highest BCUT2D eigenvalue weighted by Crippen LogP contribution is 2.23. The number of sulfonamides is 1. The minimum Gasteiger partial charge on any atom is -0.447 e. The topological polar surface area (TPSA) is 96.3 Å². The molecule has 2 aromatic carbocycles. The Kier molecular flexibility index (Phi) is 6.37. The van der Waals surface area contributed by atoms with E-state index in [1.165, 1.54) is 12.1 Å². The molecule has 2 aromatic rings. The number of hydrogen-bond acceptors (Lipinski definition) is 5. The second-order valence-corrected chi connectivity index (χ2v) is 8.80. The van der Waals surface area contributed by atoms with Crippen molar-refractivity contribution in [3.63, 3.8) is 0 Å². The average molecular weight is 386 g/mol. The fourth-order valence-corrected chi connectivity index (χ4v) is 3.35. The second kappa shape index (κ2) is 8.33. The quantitative estimate of drug-likeness (QED) is 0.770. The van der Waals surface area contributed by atoms with Crippen molar-refractivity contribution in [3.8, 4) is 6.07 Å². The molecular formula is C20H22N2O4S. The number of nitrogens with one attached hydrogen (secondary N) is 1. The first kappa shape index (κ1) is 20.6. The van der Waals surface area contributed by atoms with Gasteiger partial charge < -0.3 is 4.74 Å². The lowest BCUT2D eigenvalue weighted by molar-refractivity contribution is 0.0555. The molecule has 0 aromatic heterocycles. The van der Waals surface area contributed by atoms with Gasteiger partial charge in [-0.25, -0.2) is 17.9 Å². The Morgan fingerprint density at radius 2 is 1.67 bits per heavy atom. The van der Waals surface area contributed by atoms with Gasteiger partial charge in [-0.05, 0) is 40.8 Å². The molecule has 0 amide bonds. The average Bonchev–Trinajstić information content (AvgIpc) is 2.64. The van der Waals surface area contributed by atoms with Crippen molar-refractivity contribution in [2.75, 3.05) is 6.61 Å². The first-order valence-corrected chi connectivity index (χ1v) is 9.85. The molecular weight excluding hydrogens is 364 g/mol. The summed E-state index contributed by atoms with van der Waals surface area (Å²) in [6, 6.07) is 14.9. The van der Waals surface area contributed by atoms with Gasteiger partial charge in [0.25, 0.3) is 0 Å². The predicted molar refractivity (Wildman–Crippen MR) is 102 cm³/mol. The molecule has 0 saturated heterocycles. The van der Waals surface area contributed by atoms with Crippen LogP contribution in [0.3, 0.4) is 0 Å². The summed E-state index contributed by atoms with van der Waals surface area (Å²) in [6.07, 6.45) is 0. The summed E-state index contributed by atoms with van der Waals surface area (Å²) in [5, 5.41) is 8.41. The highest BCUT2D eigenvalue weighted by molar-refractivity contribution is 7.89. The predicted octanol–water partition coefficient (Wildman–Crippen LogP) is 3.14. The van der Waals surface area contributed by atoms with E-state index in [0.717, 1.165) is 5.56 Å². The van der Waals surface area contributed by atoms with Gasteiger partial charge in [-0.2, -0.15) is 5.26 Å². The Labute approximate surface area is 159 Å². The van der Waals surface area contributed by atoms with Gasteiger partial charge in [-0.15, -0.1) is 0 Å². The highest BCUT2D eigenvalue weighted by Gasteiger charge is 2.17. The van der Waals surface area contributed by atoms with E-state index < -0.39 is 16.0 Å². The Morgan fingerprint density at radius 1 is 1.07 bits per heavy atom. The van der Waals surface area contributed by atoms with Crippen molar-refractivity contribution in [1.82, 2.24) is 4.72 Å². The lowest BCUT2D eigenvalue weighted by Gasteiger charge is -2.19. The maximum Gasteiger partial charge on any atom is 0.339 e. The van der Waals surface area contributed by atoms with E-state index in [2.05, 4.69) is 25.5 Å². The first-order valence-electron chi connectivity index (χ1n) is 8.37. The summed E-state index contributed by atoms with van der Waals surface area (Å²) in [4.78, 5) is 11.8. The number of benzene rings is 2. The van der Waals surface area contributed by atoms with E-state index in [1.54, 1.807) is 30.3 Å². The van der Waals surface area contributed by atoms with E-state index in [4.69, 9.17) is 10.00 Å². The van der Waals surface area contributed by atoms with Crippen LogP contribution in [0.4, 0.5) is 0 Å². The first-order chi connectivity index (χ1) is 12.6. The molecule has 0 radical (unpaired) electrons. The third-order valence-corrected chi connectivity index (χ3v) is 5.37. The molecule has 0 spiro atoms. The summed E-state index contributed by atoms with van der Waals surface area (Å²) >= 11 is 0. The largest absolute Gasteiger partial charge is 0.447 e. The van der Waals surface area contributed by atoms with E-state index >= 15 is 0 Å². The van der Waals surface area contributed by atoms with Crippen LogP contribution in [-0.4, -0.2) is 21.0 Å². The van der Waals surface area contributed by atoms with Crippen molar-refractivity contribution >= 4 is 16.0 Å². The summed E-state index contributed by atoms with van der Waals surface area (Å²) in [7, 11) is -3.64. The fourth-order valence-electron chi connectivity index (χ4n) is 2.34. The van der Waals surface area contributed by atoms with Gasteiger partial charge in [0.05, 0.1) is 10.5 Å². The van der Waals surface area contributed by atoms with Gasteiger partial charge in [0.2, 0.25) is 10.0 Å². The van der Waals surface area contributed by atoms with Crippen LogP contribution in [0.25, 0.3) is 0 Å². The molecule has 0 aliphatic rings. The van der Waals surface area contributed by atoms with E-state index in [1.807, 2.05) is 12.1 Å². The number of nitrogens with zero attached hydrogens (tertiary/aromatic N) is 1. The van der Waals surface area contributed by atoms with Crippen LogP contribution >= 0.6 is 0 Å². The zero-order valence-corrected chi connectivity index (χ0v) is 16.3. The van der Waals surface area contributed by atoms with Gasteiger partial charge in [0, 0.05) is 6.54 Å². The van der Waals surface area contributed by atoms with E-state index in [0.29, 0.717) is 11.1 Å². The van der Waals surface area contributed by atoms with E-state index in [-0.39, 0.29) is 23.5 Å². The summed E-state index contributed by atoms with van der Waals surface area (Å²) in [6.45, 7) is 5.98. The van der Waals surface area contributed by atoms with Crippen molar-refractivity contribution in [3.05, 3.63) is 65.2 Å². The lowest BCUT2D eigenvalue weighted by Crippen LogP contribution is -2.23. The minimum atomic E-state index is -3.64. The maximum absolute atomic E-state index is 12.4. The Balaban J connectivity index is 2.03. The number of nitriles is 1. The molecule has 0 unspecified atom stereocenters. The molecule has 0 aliphatic carbocycles. The third kappa shape index (κ3) is 5.64. The van der Waals surface area contributed by atoms with Crippen LogP contribution in [0.2, 0.25) is 0 Å². The van der Waals surface area contributed by atoms with Crippen molar-refractivity contribution < 1.29 is 17.9 Å². The molecule has 7 heteroatoms. The molecule has 0 saturated carbocycles. The zero-order chi connectivity index (χ0) is 20.1. The molecule has 0 heterocycles. The van der Waals surface area contributed by atoms with Crippen molar-refractivity contribution in [2.24, 2.45) is 0 Å².